The van der Waals surface area contributed by atoms with E-state index in [0.29, 0.717) is 6.42 Å². The Morgan fingerprint density at radius 1 is 0.923 bits per heavy atom. The molecule has 2 unspecified atom stereocenters. The molecule has 3 N–H and O–H groups in total. The van der Waals surface area contributed by atoms with E-state index in [-0.39, 0.29) is 0 Å². The van der Waals surface area contributed by atoms with Crippen molar-refractivity contribution in [3.8, 4) is 0 Å². The number of rotatable bonds is 17. The predicted molar refractivity (Wildman–Crippen MR) is 109 cm³/mol. The van der Waals surface area contributed by atoms with Crippen molar-refractivity contribution in [3.05, 3.63) is 12.2 Å². The Labute approximate surface area is 160 Å². The number of amides is 1. The lowest BCUT2D eigenvalue weighted by Gasteiger charge is -2.18. The minimum atomic E-state index is -4.23. The molecule has 0 fully saturated rings. The van der Waals surface area contributed by atoms with E-state index in [1.54, 1.807) is 0 Å². The first-order chi connectivity index (χ1) is 12.3. The average molecular weight is 390 g/mol. The highest BCUT2D eigenvalue weighted by molar-refractivity contribution is 7.86. The van der Waals surface area contributed by atoms with Gasteiger partial charge in [-0.05, 0) is 39.0 Å². The van der Waals surface area contributed by atoms with Crippen molar-refractivity contribution < 1.29 is 17.8 Å². The first kappa shape index (κ1) is 25.1. The fraction of sp³-hybridized carbons (Fsp3) is 0.850. The van der Waals surface area contributed by atoms with Gasteiger partial charge in [0, 0.05) is 0 Å². The number of unbranched alkanes of at least 4 members (excludes halogenated alkanes) is 10. The summed E-state index contributed by atoms with van der Waals surface area (Å²) in [7, 11) is -4.23. The number of nitrogens with two attached hydrogens (primary N) is 1. The molecule has 0 aliphatic heterocycles. The van der Waals surface area contributed by atoms with Gasteiger partial charge in [-0.25, -0.2) is 0 Å². The maximum atomic E-state index is 11.4. The van der Waals surface area contributed by atoms with Crippen LogP contribution in [0, 0.1) is 5.92 Å². The summed E-state index contributed by atoms with van der Waals surface area (Å²) in [6, 6.07) is 0. The molecule has 0 aliphatic rings. The molecule has 0 aromatic carbocycles. The molecule has 0 saturated carbocycles. The van der Waals surface area contributed by atoms with Gasteiger partial charge in [-0.15, -0.1) is 0 Å². The second-order valence-corrected chi connectivity index (χ2v) is 9.02. The first-order valence-corrected chi connectivity index (χ1v) is 11.7. The molecule has 0 bridgehead atoms. The molecular formula is C20H39NO4S. The Bertz CT molecular complexity index is 488. The van der Waals surface area contributed by atoms with Gasteiger partial charge in [0.25, 0.3) is 10.1 Å². The third-order valence-electron chi connectivity index (χ3n) is 4.93. The third-order valence-corrected chi connectivity index (χ3v) is 6.20. The second-order valence-electron chi connectivity index (χ2n) is 7.25. The van der Waals surface area contributed by atoms with E-state index in [1.165, 1.54) is 51.9 Å². The summed E-state index contributed by atoms with van der Waals surface area (Å²) >= 11 is 0. The summed E-state index contributed by atoms with van der Waals surface area (Å²) in [5, 5.41) is -1.13. The molecule has 0 radical (unpaired) electrons. The largest absolute Gasteiger partial charge is 0.369 e. The molecule has 1 amide bonds. The summed E-state index contributed by atoms with van der Waals surface area (Å²) in [4.78, 5) is 11.4. The molecule has 0 rings (SSSR count). The monoisotopic (exact) mass is 389 g/mol. The highest BCUT2D eigenvalue weighted by Gasteiger charge is 2.31. The predicted octanol–water partition coefficient (Wildman–Crippen LogP) is 5.01. The number of carbonyl (C=O) groups excluding carboxylic acids is 1. The van der Waals surface area contributed by atoms with Crippen LogP contribution >= 0.6 is 0 Å². The Balaban J connectivity index is 3.68. The molecule has 26 heavy (non-hydrogen) atoms. The van der Waals surface area contributed by atoms with Crippen molar-refractivity contribution >= 4 is 16.0 Å². The van der Waals surface area contributed by atoms with Crippen LogP contribution in [0.4, 0.5) is 0 Å². The van der Waals surface area contributed by atoms with E-state index >= 15 is 0 Å². The van der Waals surface area contributed by atoms with Crippen LogP contribution in [0.3, 0.4) is 0 Å². The molecule has 0 aliphatic carbocycles. The van der Waals surface area contributed by atoms with Crippen LogP contribution in [0.25, 0.3) is 0 Å². The van der Waals surface area contributed by atoms with Gasteiger partial charge in [0.15, 0.2) is 0 Å². The van der Waals surface area contributed by atoms with E-state index in [9.17, 15) is 13.2 Å². The molecule has 0 aromatic heterocycles. The van der Waals surface area contributed by atoms with E-state index in [1.807, 2.05) is 0 Å². The zero-order valence-electron chi connectivity index (χ0n) is 16.7. The molecule has 0 heterocycles. The lowest BCUT2D eigenvalue weighted by Crippen LogP contribution is -2.36. The normalized spacial score (nSPS) is 14.6. The van der Waals surface area contributed by atoms with Gasteiger partial charge in [0.2, 0.25) is 5.91 Å². The van der Waals surface area contributed by atoms with Crippen LogP contribution in [-0.2, 0) is 14.9 Å². The van der Waals surface area contributed by atoms with E-state index in [2.05, 4.69) is 19.1 Å². The van der Waals surface area contributed by atoms with Crippen molar-refractivity contribution in [3.63, 3.8) is 0 Å². The minimum Gasteiger partial charge on any atom is -0.369 e. The molecule has 5 nitrogen and oxygen atoms in total. The SMILES string of the molecule is CCCCCCCC/C=C\CCCCCCC(C(N)=O)C(C)S(=O)(=O)O. The summed E-state index contributed by atoms with van der Waals surface area (Å²) < 4.78 is 31.4. The minimum absolute atomic E-state index is 0.407. The highest BCUT2D eigenvalue weighted by atomic mass is 32.2. The molecule has 0 aromatic rings. The van der Waals surface area contributed by atoms with Gasteiger partial charge < -0.3 is 5.73 Å². The highest BCUT2D eigenvalue weighted by Crippen LogP contribution is 2.19. The van der Waals surface area contributed by atoms with Crippen LogP contribution in [0.1, 0.15) is 97.3 Å². The fourth-order valence-electron chi connectivity index (χ4n) is 3.07. The van der Waals surface area contributed by atoms with Crippen molar-refractivity contribution in [2.45, 2.75) is 103 Å². The molecule has 0 spiro atoms. The van der Waals surface area contributed by atoms with Crippen LogP contribution < -0.4 is 5.73 Å². The lowest BCUT2D eigenvalue weighted by molar-refractivity contribution is -0.122. The van der Waals surface area contributed by atoms with E-state index < -0.39 is 27.2 Å². The topological polar surface area (TPSA) is 97.5 Å². The number of allylic oxidation sites excluding steroid dienone is 2. The summed E-state index contributed by atoms with van der Waals surface area (Å²) in [5.41, 5.74) is 5.26. The van der Waals surface area contributed by atoms with E-state index in [0.717, 1.165) is 32.1 Å². The zero-order chi connectivity index (χ0) is 19.8. The number of primary amides is 1. The van der Waals surface area contributed by atoms with Crippen molar-refractivity contribution in [1.29, 1.82) is 0 Å². The van der Waals surface area contributed by atoms with Gasteiger partial charge in [-0.3, -0.25) is 9.35 Å². The standard InChI is InChI=1S/C20H39NO4S/c1-3-4-5-6-7-8-9-10-11-12-13-14-15-16-17-19(20(21)22)18(2)26(23,24)25/h10-11,18-19H,3-9,12-17H2,1-2H3,(H2,21,22)(H,23,24,25)/b11-10-. The Morgan fingerprint density at radius 3 is 1.85 bits per heavy atom. The Morgan fingerprint density at radius 2 is 1.38 bits per heavy atom. The van der Waals surface area contributed by atoms with E-state index in [4.69, 9.17) is 10.3 Å². The van der Waals surface area contributed by atoms with Gasteiger partial charge in [-0.1, -0.05) is 70.4 Å². The van der Waals surface area contributed by atoms with Gasteiger partial charge in [0.1, 0.15) is 0 Å². The van der Waals surface area contributed by atoms with Crippen molar-refractivity contribution in [1.82, 2.24) is 0 Å². The van der Waals surface area contributed by atoms with Crippen LogP contribution in [0.2, 0.25) is 0 Å². The first-order valence-electron chi connectivity index (χ1n) is 10.2. The average Bonchev–Trinajstić information content (AvgIpc) is 2.56. The molecule has 154 valence electrons. The summed E-state index contributed by atoms with van der Waals surface area (Å²) in [6.07, 6.45) is 19.0. The maximum absolute atomic E-state index is 11.4. The van der Waals surface area contributed by atoms with Gasteiger partial charge >= 0.3 is 0 Å². The number of carbonyl (C=O) groups is 1. The lowest BCUT2D eigenvalue weighted by atomic mass is 9.97. The van der Waals surface area contributed by atoms with Crippen molar-refractivity contribution in [2.75, 3.05) is 0 Å². The molecule has 0 saturated heterocycles. The Kier molecular flexibility index (Phi) is 14.7. The van der Waals surface area contributed by atoms with Gasteiger partial charge in [-0.2, -0.15) is 8.42 Å². The fourth-order valence-corrected chi connectivity index (χ4v) is 3.76. The molecular weight excluding hydrogens is 350 g/mol. The number of hydrogen-bond donors (Lipinski definition) is 2. The number of hydrogen-bond acceptors (Lipinski definition) is 3. The van der Waals surface area contributed by atoms with Crippen LogP contribution in [0.15, 0.2) is 12.2 Å². The second kappa shape index (κ2) is 15.2. The Hall–Kier alpha value is -0.880. The van der Waals surface area contributed by atoms with Gasteiger partial charge in [0.05, 0.1) is 11.2 Å². The summed E-state index contributed by atoms with van der Waals surface area (Å²) in [5.74, 6) is -1.48. The molecule has 2 atom stereocenters. The zero-order valence-corrected chi connectivity index (χ0v) is 17.5. The van der Waals surface area contributed by atoms with Crippen LogP contribution in [-0.4, -0.2) is 24.1 Å². The van der Waals surface area contributed by atoms with Crippen molar-refractivity contribution in [2.24, 2.45) is 11.7 Å². The smallest absolute Gasteiger partial charge is 0.268 e. The third kappa shape index (κ3) is 13.3. The summed E-state index contributed by atoms with van der Waals surface area (Å²) in [6.45, 7) is 3.57. The molecule has 6 heteroatoms. The quantitative estimate of drug-likeness (QED) is 0.207. The maximum Gasteiger partial charge on any atom is 0.268 e. The van der Waals surface area contributed by atoms with Crippen LogP contribution in [0.5, 0.6) is 0 Å².